The van der Waals surface area contributed by atoms with Crippen LogP contribution in [-0.4, -0.2) is 36.3 Å². The highest BCUT2D eigenvalue weighted by atomic mass is 19.4. The van der Waals surface area contributed by atoms with Crippen LogP contribution in [0.15, 0.2) is 66.7 Å². The van der Waals surface area contributed by atoms with Crippen LogP contribution in [0.4, 0.5) is 18.9 Å². The summed E-state index contributed by atoms with van der Waals surface area (Å²) < 4.78 is 37.2. The number of carboxylic acid groups (broad SMARTS) is 1. The first-order valence-corrected chi connectivity index (χ1v) is 11.1. The van der Waals surface area contributed by atoms with E-state index in [9.17, 15) is 18.0 Å². The van der Waals surface area contributed by atoms with Crippen LogP contribution in [0.25, 0.3) is 11.1 Å². The molecule has 0 bridgehead atoms. The molecular weight excluding hydrogens is 487 g/mol. The molecule has 0 fully saturated rings. The number of nitriles is 1. The molecule has 0 aromatic heterocycles. The van der Waals surface area contributed by atoms with Crippen molar-refractivity contribution in [3.63, 3.8) is 0 Å². The fourth-order valence-electron chi connectivity index (χ4n) is 3.09. The first kappa shape index (κ1) is 28.9. The third kappa shape index (κ3) is 8.98. The number of halogens is 3. The second kappa shape index (κ2) is 13.1. The normalized spacial score (nSPS) is 10.6. The van der Waals surface area contributed by atoms with Gasteiger partial charge in [0, 0.05) is 29.4 Å². The predicted octanol–water partition coefficient (Wildman–Crippen LogP) is 5.62. The van der Waals surface area contributed by atoms with E-state index in [1.807, 2.05) is 36.4 Å². The van der Waals surface area contributed by atoms with Crippen molar-refractivity contribution < 1.29 is 32.6 Å². The molecule has 0 atom stereocenters. The molecule has 3 aromatic carbocycles. The second-order valence-electron chi connectivity index (χ2n) is 8.09. The fourth-order valence-corrected chi connectivity index (χ4v) is 3.09. The Balaban J connectivity index is 0.000000604. The summed E-state index contributed by atoms with van der Waals surface area (Å²) in [5.74, 6) is -2.13. The molecule has 194 valence electrons. The van der Waals surface area contributed by atoms with Crippen molar-refractivity contribution >= 4 is 17.6 Å². The molecule has 0 saturated heterocycles. The predicted molar refractivity (Wildman–Crippen MR) is 133 cm³/mol. The van der Waals surface area contributed by atoms with Crippen LogP contribution in [0.2, 0.25) is 0 Å². The molecule has 3 rings (SSSR count). The molecule has 0 saturated carbocycles. The summed E-state index contributed by atoms with van der Waals surface area (Å²) in [7, 11) is 1.67. The minimum absolute atomic E-state index is 0.215. The second-order valence-corrected chi connectivity index (χ2v) is 8.09. The van der Waals surface area contributed by atoms with E-state index in [-0.39, 0.29) is 5.91 Å². The van der Waals surface area contributed by atoms with E-state index in [2.05, 4.69) is 36.6 Å². The summed E-state index contributed by atoms with van der Waals surface area (Å²) in [6.07, 6.45) is -5.08. The number of carbonyl (C=O) groups is 2. The smallest absolute Gasteiger partial charge is 0.490 e. The zero-order valence-corrected chi connectivity index (χ0v) is 20.4. The number of hydrogen-bond acceptors (Lipinski definition) is 5. The van der Waals surface area contributed by atoms with Crippen molar-refractivity contribution in [1.82, 2.24) is 5.32 Å². The van der Waals surface area contributed by atoms with Crippen molar-refractivity contribution in [3.05, 3.63) is 83.4 Å². The highest BCUT2D eigenvalue weighted by Gasteiger charge is 2.38. The lowest BCUT2D eigenvalue weighted by molar-refractivity contribution is -0.192. The number of anilines is 1. The third-order valence-corrected chi connectivity index (χ3v) is 4.95. The van der Waals surface area contributed by atoms with Crippen molar-refractivity contribution in [3.8, 4) is 22.9 Å². The molecule has 3 aromatic rings. The number of nitrogens with one attached hydrogen (secondary N) is 2. The Morgan fingerprint density at radius 3 is 2.19 bits per heavy atom. The average Bonchev–Trinajstić information content (AvgIpc) is 2.87. The lowest BCUT2D eigenvalue weighted by atomic mass is 10.0. The van der Waals surface area contributed by atoms with Crippen LogP contribution in [0.5, 0.6) is 5.75 Å². The number of benzene rings is 3. The maximum Gasteiger partial charge on any atom is 0.490 e. The van der Waals surface area contributed by atoms with Crippen molar-refractivity contribution in [2.45, 2.75) is 32.6 Å². The molecule has 0 aliphatic rings. The van der Waals surface area contributed by atoms with Crippen LogP contribution in [0, 0.1) is 11.3 Å². The Kier molecular flexibility index (Phi) is 10.2. The first-order chi connectivity index (χ1) is 17.4. The number of hydrogen-bond donors (Lipinski definition) is 3. The van der Waals surface area contributed by atoms with Crippen molar-refractivity contribution in [2.75, 3.05) is 12.4 Å². The Morgan fingerprint density at radius 2 is 1.65 bits per heavy atom. The number of ether oxygens (including phenoxy) is 1. The molecule has 37 heavy (non-hydrogen) atoms. The summed E-state index contributed by atoms with van der Waals surface area (Å²) in [6.45, 7) is 4.93. The number of methoxy groups -OCH3 is 1. The Bertz CT molecular complexity index is 1270. The maximum atomic E-state index is 12.5. The molecule has 0 spiro atoms. The molecule has 0 heterocycles. The summed E-state index contributed by atoms with van der Waals surface area (Å²) in [5.41, 5.74) is 4.86. The molecule has 0 aliphatic heterocycles. The van der Waals surface area contributed by atoms with Crippen LogP contribution < -0.4 is 15.4 Å². The SMILES string of the molecule is COc1ccc(-c2cccc(NC(=O)c3ccc(C#N)cc3)c2)cc1CNC(C)C.O=C(O)C(F)(F)F. The first-order valence-electron chi connectivity index (χ1n) is 11.1. The molecule has 3 N–H and O–H groups in total. The van der Waals surface area contributed by atoms with Gasteiger partial charge in [-0.25, -0.2) is 4.79 Å². The largest absolute Gasteiger partial charge is 0.496 e. The van der Waals surface area contributed by atoms with E-state index >= 15 is 0 Å². The molecule has 0 radical (unpaired) electrons. The van der Waals surface area contributed by atoms with Crippen LogP contribution in [0.3, 0.4) is 0 Å². The standard InChI is InChI=1S/C25H25N3O2.C2HF3O2/c1-17(2)27-16-22-13-21(11-12-24(22)30-3)20-5-4-6-23(14-20)28-25(29)19-9-7-18(15-26)8-10-19;3-2(4,5)1(6)7/h4-14,17,27H,16H2,1-3H3,(H,28,29);(H,6,7). The van der Waals surface area contributed by atoms with E-state index in [0.29, 0.717) is 29.4 Å². The Morgan fingerprint density at radius 1 is 1.03 bits per heavy atom. The van der Waals surface area contributed by atoms with Gasteiger partial charge in [-0.3, -0.25) is 4.79 Å². The Labute approximate surface area is 212 Å². The van der Waals surface area contributed by atoms with Gasteiger partial charge in [0.2, 0.25) is 0 Å². The van der Waals surface area contributed by atoms with Gasteiger partial charge in [0.1, 0.15) is 5.75 Å². The van der Waals surface area contributed by atoms with E-state index in [1.54, 1.807) is 31.4 Å². The maximum absolute atomic E-state index is 12.5. The van der Waals surface area contributed by atoms with Gasteiger partial charge in [0.25, 0.3) is 5.91 Å². The zero-order valence-electron chi connectivity index (χ0n) is 20.4. The number of carboxylic acids is 1. The van der Waals surface area contributed by atoms with Gasteiger partial charge < -0.3 is 20.5 Å². The van der Waals surface area contributed by atoms with E-state index in [0.717, 1.165) is 22.4 Å². The molecular formula is C27H26F3N3O4. The number of nitrogens with zero attached hydrogens (tertiary/aromatic N) is 1. The fraction of sp³-hybridized carbons (Fsp3) is 0.222. The number of carbonyl (C=O) groups excluding carboxylic acids is 1. The highest BCUT2D eigenvalue weighted by molar-refractivity contribution is 6.04. The van der Waals surface area contributed by atoms with Gasteiger partial charge in [-0.2, -0.15) is 18.4 Å². The van der Waals surface area contributed by atoms with Gasteiger partial charge in [0.05, 0.1) is 18.7 Å². The van der Waals surface area contributed by atoms with Gasteiger partial charge >= 0.3 is 12.1 Å². The molecule has 0 aliphatic carbocycles. The van der Waals surface area contributed by atoms with Gasteiger partial charge in [-0.15, -0.1) is 0 Å². The topological polar surface area (TPSA) is 111 Å². The summed E-state index contributed by atoms with van der Waals surface area (Å²) >= 11 is 0. The Hall–Kier alpha value is -4.36. The van der Waals surface area contributed by atoms with Gasteiger partial charge in [-0.1, -0.05) is 32.0 Å². The molecule has 0 unspecified atom stereocenters. The summed E-state index contributed by atoms with van der Waals surface area (Å²) in [4.78, 5) is 21.4. The minimum atomic E-state index is -5.08. The summed E-state index contributed by atoms with van der Waals surface area (Å²) in [5, 5.41) is 22.4. The molecule has 7 nitrogen and oxygen atoms in total. The van der Waals surface area contributed by atoms with E-state index < -0.39 is 12.1 Å². The van der Waals surface area contributed by atoms with Crippen molar-refractivity contribution in [1.29, 1.82) is 5.26 Å². The monoisotopic (exact) mass is 513 g/mol. The van der Waals surface area contributed by atoms with Crippen LogP contribution in [-0.2, 0) is 11.3 Å². The quantitative estimate of drug-likeness (QED) is 0.378. The number of amides is 1. The highest BCUT2D eigenvalue weighted by Crippen LogP contribution is 2.28. The molecule has 1 amide bonds. The average molecular weight is 514 g/mol. The van der Waals surface area contributed by atoms with Crippen LogP contribution in [0.1, 0.15) is 35.3 Å². The minimum Gasteiger partial charge on any atom is -0.496 e. The number of aliphatic carboxylic acids is 1. The third-order valence-electron chi connectivity index (χ3n) is 4.95. The number of rotatable bonds is 7. The number of alkyl halides is 3. The van der Waals surface area contributed by atoms with Gasteiger partial charge in [-0.05, 0) is 59.7 Å². The van der Waals surface area contributed by atoms with Gasteiger partial charge in [0.15, 0.2) is 0 Å². The zero-order chi connectivity index (χ0) is 27.6. The van der Waals surface area contributed by atoms with Crippen LogP contribution >= 0.6 is 0 Å². The van der Waals surface area contributed by atoms with E-state index in [1.165, 1.54) is 0 Å². The molecule has 10 heteroatoms. The summed E-state index contributed by atoms with van der Waals surface area (Å²) in [6, 6.07) is 22.8. The van der Waals surface area contributed by atoms with E-state index in [4.69, 9.17) is 19.9 Å². The lowest BCUT2D eigenvalue weighted by Crippen LogP contribution is -2.22. The lowest BCUT2D eigenvalue weighted by Gasteiger charge is -2.14. The van der Waals surface area contributed by atoms with Crippen molar-refractivity contribution in [2.24, 2.45) is 0 Å².